The lowest BCUT2D eigenvalue weighted by molar-refractivity contribution is 0.0993. The second-order valence-corrected chi connectivity index (χ2v) is 8.90. The topological polar surface area (TPSA) is 40.8 Å². The van der Waals surface area contributed by atoms with E-state index < -0.39 is 0 Å². The molecule has 0 atom stereocenters. The second kappa shape index (κ2) is 10.0. The van der Waals surface area contributed by atoms with Gasteiger partial charge in [0.2, 0.25) is 0 Å². The van der Waals surface area contributed by atoms with Crippen molar-refractivity contribution in [3.63, 3.8) is 0 Å². The van der Waals surface area contributed by atoms with Crippen molar-refractivity contribution in [1.82, 2.24) is 19.2 Å². The number of benzene rings is 2. The van der Waals surface area contributed by atoms with Crippen LogP contribution in [0.3, 0.4) is 0 Å². The van der Waals surface area contributed by atoms with Gasteiger partial charge in [-0.25, -0.2) is 4.98 Å². The quantitative estimate of drug-likeness (QED) is 0.343. The summed E-state index contributed by atoms with van der Waals surface area (Å²) in [6.07, 6.45) is 4.10. The molecule has 1 aliphatic rings. The minimum atomic E-state index is 0.102. The number of Topliss-reactive ketones (excluding diaryl/α,β-unsaturated/α-hetero) is 1. The van der Waals surface area contributed by atoms with E-state index in [0.29, 0.717) is 12.0 Å². The van der Waals surface area contributed by atoms with Crippen molar-refractivity contribution in [3.05, 3.63) is 107 Å². The molecule has 5 heteroatoms. The van der Waals surface area contributed by atoms with E-state index >= 15 is 0 Å². The van der Waals surface area contributed by atoms with E-state index in [2.05, 4.69) is 57.9 Å². The first-order chi connectivity index (χ1) is 16.6. The molecule has 1 aliphatic heterocycles. The smallest absolute Gasteiger partial charge is 0.167 e. The minimum absolute atomic E-state index is 0.102. The molecule has 0 spiro atoms. The standard InChI is InChI=1S/C29H28N4O/c1-31-15-17-32(18-16-31)22-25-10-8-24(9-11-25)20-28(34)26-6-4-5-23(19-26)12-13-27-21-30-29-7-2-3-14-33(27)29/h2-11,14,19,21H,15-18,20,22H2,1H3. The molecule has 5 rings (SSSR count). The number of pyridine rings is 1. The maximum absolute atomic E-state index is 12.9. The van der Waals surface area contributed by atoms with Gasteiger partial charge in [-0.15, -0.1) is 0 Å². The Morgan fingerprint density at radius 3 is 2.53 bits per heavy atom. The van der Waals surface area contributed by atoms with Gasteiger partial charge in [0.1, 0.15) is 11.3 Å². The van der Waals surface area contributed by atoms with Crippen LogP contribution in [0.5, 0.6) is 0 Å². The van der Waals surface area contributed by atoms with Gasteiger partial charge in [-0.3, -0.25) is 14.1 Å². The zero-order valence-electron chi connectivity index (χ0n) is 19.4. The van der Waals surface area contributed by atoms with Gasteiger partial charge >= 0.3 is 0 Å². The molecule has 3 heterocycles. The van der Waals surface area contributed by atoms with E-state index in [1.807, 2.05) is 53.1 Å². The van der Waals surface area contributed by atoms with Crippen LogP contribution in [0, 0.1) is 11.8 Å². The van der Waals surface area contributed by atoms with E-state index in [1.165, 1.54) is 5.56 Å². The van der Waals surface area contributed by atoms with Gasteiger partial charge in [0.05, 0.1) is 6.20 Å². The van der Waals surface area contributed by atoms with Crippen LogP contribution in [0.1, 0.15) is 32.7 Å². The predicted molar refractivity (Wildman–Crippen MR) is 135 cm³/mol. The summed E-state index contributed by atoms with van der Waals surface area (Å²) in [5, 5.41) is 0. The number of carbonyl (C=O) groups excluding carboxylic acids is 1. The van der Waals surface area contributed by atoms with Gasteiger partial charge < -0.3 is 4.90 Å². The molecule has 1 fully saturated rings. The Balaban J connectivity index is 1.23. The van der Waals surface area contributed by atoms with Crippen molar-refractivity contribution in [1.29, 1.82) is 0 Å². The van der Waals surface area contributed by atoms with Crippen molar-refractivity contribution >= 4 is 11.4 Å². The number of hydrogen-bond acceptors (Lipinski definition) is 4. The van der Waals surface area contributed by atoms with Crippen LogP contribution >= 0.6 is 0 Å². The van der Waals surface area contributed by atoms with Crippen LogP contribution < -0.4 is 0 Å². The number of likely N-dealkylation sites (N-methyl/N-ethyl adjacent to an activating group) is 1. The van der Waals surface area contributed by atoms with E-state index in [9.17, 15) is 4.79 Å². The molecule has 2 aromatic carbocycles. The molecular weight excluding hydrogens is 420 g/mol. The van der Waals surface area contributed by atoms with E-state index in [4.69, 9.17) is 0 Å². The molecule has 170 valence electrons. The lowest BCUT2D eigenvalue weighted by Crippen LogP contribution is -2.43. The van der Waals surface area contributed by atoms with Crippen molar-refractivity contribution in [2.75, 3.05) is 33.2 Å². The van der Waals surface area contributed by atoms with Crippen LogP contribution in [0.2, 0.25) is 0 Å². The van der Waals surface area contributed by atoms with Crippen LogP contribution in [-0.2, 0) is 13.0 Å². The molecule has 5 nitrogen and oxygen atoms in total. The number of ketones is 1. The number of aromatic nitrogens is 2. The van der Waals surface area contributed by atoms with Crippen molar-refractivity contribution in [2.24, 2.45) is 0 Å². The summed E-state index contributed by atoms with van der Waals surface area (Å²) in [5.74, 6) is 6.45. The zero-order chi connectivity index (χ0) is 23.3. The molecule has 1 saturated heterocycles. The highest BCUT2D eigenvalue weighted by Gasteiger charge is 2.14. The van der Waals surface area contributed by atoms with E-state index in [1.54, 1.807) is 6.20 Å². The first-order valence-corrected chi connectivity index (χ1v) is 11.7. The molecule has 0 aliphatic carbocycles. The Bertz CT molecular complexity index is 1350. The predicted octanol–water partition coefficient (Wildman–Crippen LogP) is 3.91. The number of carbonyl (C=O) groups is 1. The lowest BCUT2D eigenvalue weighted by atomic mass is 10.0. The number of rotatable bonds is 5. The van der Waals surface area contributed by atoms with Crippen LogP contribution in [-0.4, -0.2) is 58.2 Å². The Kier molecular flexibility index (Phi) is 6.53. The van der Waals surface area contributed by atoms with Gasteiger partial charge in [-0.1, -0.05) is 48.4 Å². The SMILES string of the molecule is CN1CCN(Cc2ccc(CC(=O)c3cccc(C#Cc4cnc5ccccn45)c3)cc2)CC1. The van der Waals surface area contributed by atoms with Crippen LogP contribution in [0.15, 0.2) is 79.1 Å². The molecule has 0 amide bonds. The summed E-state index contributed by atoms with van der Waals surface area (Å²) in [6, 6.07) is 21.9. The van der Waals surface area contributed by atoms with E-state index in [0.717, 1.165) is 55.2 Å². The summed E-state index contributed by atoms with van der Waals surface area (Å²) in [5.41, 5.74) is 5.53. The Labute approximate surface area is 200 Å². The summed E-state index contributed by atoms with van der Waals surface area (Å²) >= 11 is 0. The van der Waals surface area contributed by atoms with Gasteiger partial charge in [0.15, 0.2) is 5.78 Å². The fourth-order valence-corrected chi connectivity index (χ4v) is 4.25. The van der Waals surface area contributed by atoms with Crippen molar-refractivity contribution in [2.45, 2.75) is 13.0 Å². The minimum Gasteiger partial charge on any atom is -0.304 e. The average molecular weight is 449 g/mol. The molecule has 0 N–H and O–H groups in total. The molecule has 0 unspecified atom stereocenters. The first kappa shape index (κ1) is 22.1. The number of hydrogen-bond donors (Lipinski definition) is 0. The third kappa shape index (κ3) is 5.26. The second-order valence-electron chi connectivity index (χ2n) is 8.90. The molecule has 0 radical (unpaired) electrons. The number of imidazole rings is 1. The Morgan fingerprint density at radius 2 is 1.71 bits per heavy atom. The normalized spacial score (nSPS) is 14.6. The largest absolute Gasteiger partial charge is 0.304 e. The summed E-state index contributed by atoms with van der Waals surface area (Å²) < 4.78 is 1.95. The molecule has 34 heavy (non-hydrogen) atoms. The third-order valence-electron chi connectivity index (χ3n) is 6.33. The fraction of sp³-hybridized carbons (Fsp3) is 0.241. The van der Waals surface area contributed by atoms with Gasteiger partial charge in [-0.2, -0.15) is 0 Å². The number of nitrogens with zero attached hydrogens (tertiary/aromatic N) is 4. The lowest BCUT2D eigenvalue weighted by Gasteiger charge is -2.32. The highest BCUT2D eigenvalue weighted by atomic mass is 16.1. The maximum atomic E-state index is 12.9. The zero-order valence-corrected chi connectivity index (χ0v) is 19.4. The van der Waals surface area contributed by atoms with Gasteiger partial charge in [-0.05, 0) is 48.4 Å². The van der Waals surface area contributed by atoms with Gasteiger partial charge in [0, 0.05) is 56.5 Å². The summed E-state index contributed by atoms with van der Waals surface area (Å²) in [7, 11) is 2.17. The fourth-order valence-electron chi connectivity index (χ4n) is 4.25. The maximum Gasteiger partial charge on any atom is 0.167 e. The summed E-state index contributed by atoms with van der Waals surface area (Å²) in [4.78, 5) is 22.2. The third-order valence-corrected chi connectivity index (χ3v) is 6.33. The highest BCUT2D eigenvalue weighted by Crippen LogP contribution is 2.13. The first-order valence-electron chi connectivity index (χ1n) is 11.7. The Morgan fingerprint density at radius 1 is 0.912 bits per heavy atom. The monoisotopic (exact) mass is 448 g/mol. The van der Waals surface area contributed by atoms with Crippen molar-refractivity contribution < 1.29 is 4.79 Å². The summed E-state index contributed by atoms with van der Waals surface area (Å²) in [6.45, 7) is 5.42. The van der Waals surface area contributed by atoms with Crippen LogP contribution in [0.4, 0.5) is 0 Å². The molecule has 0 saturated carbocycles. The van der Waals surface area contributed by atoms with Crippen LogP contribution in [0.25, 0.3) is 5.65 Å². The molecular formula is C29H28N4O. The number of piperazine rings is 1. The average Bonchev–Trinajstić information content (AvgIpc) is 3.29. The number of fused-ring (bicyclic) bond motifs is 1. The molecule has 4 aromatic rings. The van der Waals surface area contributed by atoms with E-state index in [-0.39, 0.29) is 5.78 Å². The van der Waals surface area contributed by atoms with Gasteiger partial charge in [0.25, 0.3) is 0 Å². The Hall–Kier alpha value is -3.72. The molecule has 0 bridgehead atoms. The highest BCUT2D eigenvalue weighted by molar-refractivity contribution is 5.97. The van der Waals surface area contributed by atoms with Crippen molar-refractivity contribution in [3.8, 4) is 11.8 Å². The molecule has 2 aromatic heterocycles.